The van der Waals surface area contributed by atoms with Gasteiger partial charge in [0.05, 0.1) is 5.02 Å². The van der Waals surface area contributed by atoms with Crippen molar-refractivity contribution in [2.24, 2.45) is 0 Å². The van der Waals surface area contributed by atoms with Crippen LogP contribution in [0.25, 0.3) is 0 Å². The van der Waals surface area contributed by atoms with Gasteiger partial charge in [0.1, 0.15) is 16.3 Å². The zero-order valence-corrected chi connectivity index (χ0v) is 13.3. The van der Waals surface area contributed by atoms with Crippen LogP contribution in [0.5, 0.6) is 0 Å². The normalized spacial score (nSPS) is 14.5. The average Bonchev–Trinajstić information content (AvgIpc) is 2.46. The minimum absolute atomic E-state index is 0.0634. The van der Waals surface area contributed by atoms with Crippen molar-refractivity contribution in [3.63, 3.8) is 0 Å². The van der Waals surface area contributed by atoms with E-state index in [9.17, 15) is 17.9 Å². The smallest absolute Gasteiger partial charge is 0.242 e. The van der Waals surface area contributed by atoms with Gasteiger partial charge in [-0.05, 0) is 36.8 Å². The second kappa shape index (κ2) is 6.34. The molecule has 0 aliphatic heterocycles. The number of benzene rings is 2. The van der Waals surface area contributed by atoms with Gasteiger partial charge in [0.25, 0.3) is 0 Å². The van der Waals surface area contributed by atoms with Crippen molar-refractivity contribution in [1.82, 2.24) is 4.72 Å². The van der Waals surface area contributed by atoms with Crippen LogP contribution in [-0.2, 0) is 15.6 Å². The van der Waals surface area contributed by atoms with Gasteiger partial charge >= 0.3 is 0 Å². The van der Waals surface area contributed by atoms with Crippen LogP contribution in [0.15, 0.2) is 53.4 Å². The molecule has 0 aromatic heterocycles. The van der Waals surface area contributed by atoms with E-state index in [2.05, 4.69) is 4.72 Å². The molecular weight excluding hydrogens is 329 g/mol. The van der Waals surface area contributed by atoms with E-state index in [0.29, 0.717) is 5.56 Å². The van der Waals surface area contributed by atoms with Crippen molar-refractivity contribution in [1.29, 1.82) is 0 Å². The first kappa shape index (κ1) is 16.9. The van der Waals surface area contributed by atoms with E-state index < -0.39 is 21.4 Å². The Balaban J connectivity index is 2.18. The number of hydrogen-bond acceptors (Lipinski definition) is 3. The first-order chi connectivity index (χ1) is 10.2. The van der Waals surface area contributed by atoms with Crippen LogP contribution in [0, 0.1) is 5.82 Å². The summed E-state index contributed by atoms with van der Waals surface area (Å²) in [6.45, 7) is 1.17. The molecule has 0 saturated carbocycles. The monoisotopic (exact) mass is 343 g/mol. The molecule has 4 nitrogen and oxygen atoms in total. The van der Waals surface area contributed by atoms with Gasteiger partial charge in [-0.2, -0.15) is 0 Å². The third-order valence-corrected chi connectivity index (χ3v) is 5.10. The van der Waals surface area contributed by atoms with Crippen LogP contribution in [0.3, 0.4) is 0 Å². The predicted molar refractivity (Wildman–Crippen MR) is 82.6 cm³/mol. The summed E-state index contributed by atoms with van der Waals surface area (Å²) in [5, 5.41) is 10.5. The largest absolute Gasteiger partial charge is 0.384 e. The summed E-state index contributed by atoms with van der Waals surface area (Å²) < 4.78 is 39.7. The lowest BCUT2D eigenvalue weighted by Crippen LogP contribution is -2.38. The fourth-order valence-corrected chi connectivity index (χ4v) is 3.54. The lowest BCUT2D eigenvalue weighted by atomic mass is 9.96. The Morgan fingerprint density at radius 2 is 1.77 bits per heavy atom. The quantitative estimate of drug-likeness (QED) is 0.877. The lowest BCUT2D eigenvalue weighted by molar-refractivity contribution is 0.0627. The molecule has 2 rings (SSSR count). The molecule has 0 radical (unpaired) electrons. The number of hydrogen-bond donors (Lipinski definition) is 2. The number of aliphatic hydroxyl groups is 1. The van der Waals surface area contributed by atoms with Gasteiger partial charge in [-0.15, -0.1) is 0 Å². The van der Waals surface area contributed by atoms with Gasteiger partial charge in [0, 0.05) is 6.54 Å². The molecule has 1 atom stereocenters. The van der Waals surface area contributed by atoms with Gasteiger partial charge in [0.2, 0.25) is 10.0 Å². The van der Waals surface area contributed by atoms with Crippen LogP contribution in [0.2, 0.25) is 5.02 Å². The highest BCUT2D eigenvalue weighted by molar-refractivity contribution is 7.89. The van der Waals surface area contributed by atoms with E-state index in [1.54, 1.807) is 12.1 Å². The Bertz CT molecular complexity index is 761. The summed E-state index contributed by atoms with van der Waals surface area (Å²) in [6.07, 6.45) is 0. The topological polar surface area (TPSA) is 66.4 Å². The fraction of sp³-hybridized carbons (Fsp3) is 0.200. The molecule has 2 N–H and O–H groups in total. The maximum Gasteiger partial charge on any atom is 0.242 e. The van der Waals surface area contributed by atoms with Crippen molar-refractivity contribution < 1.29 is 17.9 Å². The number of halogens is 2. The summed E-state index contributed by atoms with van der Waals surface area (Å²) in [5.41, 5.74) is -1.09. The molecule has 0 aliphatic carbocycles. The third kappa shape index (κ3) is 3.84. The molecule has 2 aromatic carbocycles. The van der Waals surface area contributed by atoms with Crippen LogP contribution in [-0.4, -0.2) is 20.1 Å². The maximum atomic E-state index is 12.9. The van der Waals surface area contributed by atoms with Gasteiger partial charge < -0.3 is 5.11 Å². The SMILES string of the molecule is CC(O)(CNS(=O)(=O)c1ccccc1Cl)c1ccc(F)cc1. The molecule has 0 aliphatic rings. The van der Waals surface area contributed by atoms with Crippen molar-refractivity contribution in [3.05, 3.63) is 64.9 Å². The molecule has 0 amide bonds. The number of nitrogens with one attached hydrogen (secondary N) is 1. The van der Waals surface area contributed by atoms with Crippen molar-refractivity contribution in [2.45, 2.75) is 17.4 Å². The van der Waals surface area contributed by atoms with E-state index in [1.807, 2.05) is 0 Å². The second-order valence-electron chi connectivity index (χ2n) is 5.04. The van der Waals surface area contributed by atoms with Gasteiger partial charge in [-0.25, -0.2) is 17.5 Å². The van der Waals surface area contributed by atoms with Crippen LogP contribution in [0.1, 0.15) is 12.5 Å². The molecule has 118 valence electrons. The molecule has 7 heteroatoms. The van der Waals surface area contributed by atoms with Crippen LogP contribution in [0.4, 0.5) is 4.39 Å². The van der Waals surface area contributed by atoms with Crippen molar-refractivity contribution >= 4 is 21.6 Å². The molecule has 2 aromatic rings. The molecule has 0 heterocycles. The van der Waals surface area contributed by atoms with Gasteiger partial charge in [-0.1, -0.05) is 35.9 Å². The van der Waals surface area contributed by atoms with E-state index in [0.717, 1.165) is 0 Å². The predicted octanol–water partition coefficient (Wildman–Crippen LogP) is 2.67. The molecule has 0 saturated heterocycles. The highest BCUT2D eigenvalue weighted by Gasteiger charge is 2.27. The molecule has 22 heavy (non-hydrogen) atoms. The van der Waals surface area contributed by atoms with Crippen molar-refractivity contribution in [3.8, 4) is 0 Å². The fourth-order valence-electron chi connectivity index (χ4n) is 1.89. The minimum Gasteiger partial charge on any atom is -0.384 e. The molecule has 0 bridgehead atoms. The second-order valence-corrected chi connectivity index (χ2v) is 7.18. The van der Waals surface area contributed by atoms with E-state index in [-0.39, 0.29) is 16.5 Å². The van der Waals surface area contributed by atoms with E-state index in [1.165, 1.54) is 43.3 Å². The van der Waals surface area contributed by atoms with Crippen molar-refractivity contribution in [2.75, 3.05) is 6.54 Å². The molecular formula is C15H15ClFNO3S. The summed E-state index contributed by atoms with van der Waals surface area (Å²) >= 11 is 5.87. The highest BCUT2D eigenvalue weighted by Crippen LogP contribution is 2.23. The molecule has 0 spiro atoms. The van der Waals surface area contributed by atoms with Crippen LogP contribution < -0.4 is 4.72 Å². The zero-order chi connectivity index (χ0) is 16.4. The maximum absolute atomic E-state index is 12.9. The summed E-state index contributed by atoms with van der Waals surface area (Å²) in [7, 11) is -3.86. The summed E-state index contributed by atoms with van der Waals surface area (Å²) in [4.78, 5) is -0.0634. The minimum atomic E-state index is -3.86. The Labute approximate surface area is 133 Å². The van der Waals surface area contributed by atoms with Crippen LogP contribution >= 0.6 is 11.6 Å². The first-order valence-corrected chi connectivity index (χ1v) is 8.31. The Morgan fingerprint density at radius 1 is 1.18 bits per heavy atom. The molecule has 1 unspecified atom stereocenters. The van der Waals surface area contributed by atoms with E-state index in [4.69, 9.17) is 11.6 Å². The standard InChI is InChI=1S/C15H15ClFNO3S/c1-15(19,11-6-8-12(17)9-7-11)10-18-22(20,21)14-5-3-2-4-13(14)16/h2-9,18-19H,10H2,1H3. The first-order valence-electron chi connectivity index (χ1n) is 6.45. The summed E-state index contributed by atoms with van der Waals surface area (Å²) in [5.74, 6) is -0.434. The average molecular weight is 344 g/mol. The van der Waals surface area contributed by atoms with Gasteiger partial charge in [-0.3, -0.25) is 0 Å². The summed E-state index contributed by atoms with van der Waals surface area (Å²) in [6, 6.07) is 11.2. The number of rotatable bonds is 5. The number of sulfonamides is 1. The Morgan fingerprint density at radius 3 is 2.36 bits per heavy atom. The van der Waals surface area contributed by atoms with E-state index >= 15 is 0 Å². The Hall–Kier alpha value is -1.47. The zero-order valence-electron chi connectivity index (χ0n) is 11.8. The van der Waals surface area contributed by atoms with Gasteiger partial charge in [0.15, 0.2) is 0 Å². The third-order valence-electron chi connectivity index (χ3n) is 3.20. The molecule has 0 fully saturated rings. The lowest BCUT2D eigenvalue weighted by Gasteiger charge is -2.24. The highest BCUT2D eigenvalue weighted by atomic mass is 35.5. The Kier molecular flexibility index (Phi) is 4.87.